The lowest BCUT2D eigenvalue weighted by atomic mass is 9.76. The predicted octanol–water partition coefficient (Wildman–Crippen LogP) is 3.39. The van der Waals surface area contributed by atoms with Crippen LogP contribution >= 0.6 is 0 Å². The molecule has 3 N–H and O–H groups in total. The average Bonchev–Trinajstić information content (AvgIpc) is 2.86. The van der Waals surface area contributed by atoms with Crippen molar-refractivity contribution in [1.29, 1.82) is 0 Å². The Kier molecular flexibility index (Phi) is 7.28. The van der Waals surface area contributed by atoms with Gasteiger partial charge in [-0.15, -0.1) is 0 Å². The Labute approximate surface area is 124 Å². The van der Waals surface area contributed by atoms with Gasteiger partial charge in [0.25, 0.3) is 0 Å². The number of carbonyl (C=O) groups is 1. The van der Waals surface area contributed by atoms with Crippen LogP contribution in [0, 0.1) is 11.3 Å². The van der Waals surface area contributed by atoms with Gasteiger partial charge in [-0.1, -0.05) is 32.4 Å². The first-order chi connectivity index (χ1) is 9.43. The van der Waals surface area contributed by atoms with Crippen LogP contribution in [0.1, 0.15) is 65.7 Å². The summed E-state index contributed by atoms with van der Waals surface area (Å²) in [6.45, 7) is 8.20. The van der Waals surface area contributed by atoms with Crippen LogP contribution in [0.5, 0.6) is 0 Å². The molecule has 20 heavy (non-hydrogen) atoms. The Balaban J connectivity index is 2.20. The highest BCUT2D eigenvalue weighted by Crippen LogP contribution is 2.32. The molecule has 0 aliphatic heterocycles. The summed E-state index contributed by atoms with van der Waals surface area (Å²) in [6, 6.07) is 0. The molecule has 0 fully saturated rings. The minimum atomic E-state index is 0.190. The Bertz CT molecular complexity index is 328. The highest BCUT2D eigenvalue weighted by molar-refractivity contribution is 5.75. The predicted molar refractivity (Wildman–Crippen MR) is 85.4 cm³/mol. The first kappa shape index (κ1) is 17.2. The SMILES string of the molecule is CC(C)(C)C(CCN)CCC(=O)NCCC1=CCCC1. The van der Waals surface area contributed by atoms with E-state index in [0.717, 1.165) is 25.8 Å². The molecule has 3 nitrogen and oxygen atoms in total. The van der Waals surface area contributed by atoms with Crippen LogP contribution in [0.3, 0.4) is 0 Å². The van der Waals surface area contributed by atoms with Crippen LogP contribution in [0.4, 0.5) is 0 Å². The summed E-state index contributed by atoms with van der Waals surface area (Å²) in [5.41, 5.74) is 7.42. The minimum absolute atomic E-state index is 0.190. The van der Waals surface area contributed by atoms with Crippen molar-refractivity contribution < 1.29 is 4.79 Å². The smallest absolute Gasteiger partial charge is 0.220 e. The maximum absolute atomic E-state index is 11.9. The van der Waals surface area contributed by atoms with Crippen molar-refractivity contribution in [3.63, 3.8) is 0 Å². The Morgan fingerprint density at radius 3 is 2.70 bits per heavy atom. The Morgan fingerprint density at radius 2 is 2.15 bits per heavy atom. The third-order valence-electron chi connectivity index (χ3n) is 4.36. The van der Waals surface area contributed by atoms with Gasteiger partial charge in [-0.05, 0) is 56.4 Å². The standard InChI is InChI=1S/C17H32N2O/c1-17(2,3)15(10-12-18)8-9-16(20)19-13-11-14-6-4-5-7-14/h6,15H,4-5,7-13,18H2,1-3H3,(H,19,20). The summed E-state index contributed by atoms with van der Waals surface area (Å²) in [5.74, 6) is 0.714. The lowest BCUT2D eigenvalue weighted by molar-refractivity contribution is -0.121. The third-order valence-corrected chi connectivity index (χ3v) is 4.36. The molecule has 1 aliphatic carbocycles. The average molecular weight is 280 g/mol. The molecule has 1 atom stereocenters. The van der Waals surface area contributed by atoms with Gasteiger partial charge in [0.05, 0.1) is 0 Å². The van der Waals surface area contributed by atoms with E-state index < -0.39 is 0 Å². The Hall–Kier alpha value is -0.830. The summed E-state index contributed by atoms with van der Waals surface area (Å²) in [5, 5.41) is 3.05. The third kappa shape index (κ3) is 6.56. The molecular weight excluding hydrogens is 248 g/mol. The molecule has 0 aromatic heterocycles. The van der Waals surface area contributed by atoms with Crippen molar-refractivity contribution in [2.75, 3.05) is 13.1 Å². The van der Waals surface area contributed by atoms with E-state index in [9.17, 15) is 4.79 Å². The number of allylic oxidation sites excluding steroid dienone is 1. The molecule has 1 amide bonds. The quantitative estimate of drug-likeness (QED) is 0.670. The molecule has 3 heteroatoms. The number of hydrogen-bond acceptors (Lipinski definition) is 2. The second kappa shape index (κ2) is 8.46. The van der Waals surface area contributed by atoms with Crippen molar-refractivity contribution in [2.45, 2.75) is 65.7 Å². The molecule has 1 unspecified atom stereocenters. The van der Waals surface area contributed by atoms with Gasteiger partial charge in [-0.25, -0.2) is 0 Å². The van der Waals surface area contributed by atoms with E-state index in [0.29, 0.717) is 18.9 Å². The van der Waals surface area contributed by atoms with Gasteiger partial charge < -0.3 is 11.1 Å². The molecule has 116 valence electrons. The molecule has 0 spiro atoms. The van der Waals surface area contributed by atoms with E-state index in [1.165, 1.54) is 24.8 Å². The van der Waals surface area contributed by atoms with Gasteiger partial charge in [0.1, 0.15) is 0 Å². The van der Waals surface area contributed by atoms with Crippen molar-refractivity contribution in [3.8, 4) is 0 Å². The molecule has 0 aromatic carbocycles. The van der Waals surface area contributed by atoms with Gasteiger partial charge in [0, 0.05) is 13.0 Å². The van der Waals surface area contributed by atoms with Gasteiger partial charge in [0.15, 0.2) is 0 Å². The summed E-state index contributed by atoms with van der Waals surface area (Å²) in [7, 11) is 0. The summed E-state index contributed by atoms with van der Waals surface area (Å²) >= 11 is 0. The molecule has 0 saturated carbocycles. The molecule has 1 rings (SSSR count). The van der Waals surface area contributed by atoms with Crippen molar-refractivity contribution in [1.82, 2.24) is 5.32 Å². The minimum Gasteiger partial charge on any atom is -0.356 e. The van der Waals surface area contributed by atoms with Crippen LogP contribution < -0.4 is 11.1 Å². The summed E-state index contributed by atoms with van der Waals surface area (Å²) < 4.78 is 0. The van der Waals surface area contributed by atoms with E-state index >= 15 is 0 Å². The van der Waals surface area contributed by atoms with Crippen LogP contribution in [-0.4, -0.2) is 19.0 Å². The maximum atomic E-state index is 11.9. The van der Waals surface area contributed by atoms with Gasteiger partial charge >= 0.3 is 0 Å². The van der Waals surface area contributed by atoms with Gasteiger partial charge in [-0.3, -0.25) is 4.79 Å². The number of hydrogen-bond donors (Lipinski definition) is 2. The van der Waals surface area contributed by atoms with E-state index in [1.54, 1.807) is 0 Å². The lowest BCUT2D eigenvalue weighted by Gasteiger charge is -2.30. The lowest BCUT2D eigenvalue weighted by Crippen LogP contribution is -2.28. The van der Waals surface area contributed by atoms with E-state index in [-0.39, 0.29) is 11.3 Å². The highest BCUT2D eigenvalue weighted by Gasteiger charge is 2.24. The van der Waals surface area contributed by atoms with Crippen molar-refractivity contribution in [3.05, 3.63) is 11.6 Å². The van der Waals surface area contributed by atoms with Crippen LogP contribution in [0.15, 0.2) is 11.6 Å². The normalized spacial score (nSPS) is 16.9. The topological polar surface area (TPSA) is 55.1 Å². The molecular formula is C17H32N2O. The summed E-state index contributed by atoms with van der Waals surface area (Å²) in [4.78, 5) is 11.9. The molecule has 0 heterocycles. The maximum Gasteiger partial charge on any atom is 0.220 e. The van der Waals surface area contributed by atoms with Crippen molar-refractivity contribution in [2.24, 2.45) is 17.1 Å². The van der Waals surface area contributed by atoms with Crippen LogP contribution in [-0.2, 0) is 4.79 Å². The fourth-order valence-corrected chi connectivity index (χ4v) is 2.93. The number of nitrogens with one attached hydrogen (secondary N) is 1. The monoisotopic (exact) mass is 280 g/mol. The van der Waals surface area contributed by atoms with E-state index in [1.807, 2.05) is 0 Å². The van der Waals surface area contributed by atoms with E-state index in [4.69, 9.17) is 5.73 Å². The zero-order valence-electron chi connectivity index (χ0n) is 13.5. The van der Waals surface area contributed by atoms with E-state index in [2.05, 4.69) is 32.2 Å². The van der Waals surface area contributed by atoms with Gasteiger partial charge in [-0.2, -0.15) is 0 Å². The zero-order valence-corrected chi connectivity index (χ0v) is 13.5. The molecule has 0 aromatic rings. The highest BCUT2D eigenvalue weighted by atomic mass is 16.1. The second-order valence-corrected chi connectivity index (χ2v) is 7.03. The molecule has 0 saturated heterocycles. The number of nitrogens with two attached hydrogens (primary N) is 1. The first-order valence-corrected chi connectivity index (χ1v) is 8.08. The fourth-order valence-electron chi connectivity index (χ4n) is 2.93. The largest absolute Gasteiger partial charge is 0.356 e. The molecule has 0 radical (unpaired) electrons. The number of carbonyl (C=O) groups excluding carboxylic acids is 1. The zero-order chi connectivity index (χ0) is 15.0. The van der Waals surface area contributed by atoms with Crippen LogP contribution in [0.25, 0.3) is 0 Å². The first-order valence-electron chi connectivity index (χ1n) is 8.08. The number of rotatable bonds is 8. The van der Waals surface area contributed by atoms with Crippen LogP contribution in [0.2, 0.25) is 0 Å². The van der Waals surface area contributed by atoms with Crippen molar-refractivity contribution >= 4 is 5.91 Å². The fraction of sp³-hybridized carbons (Fsp3) is 0.824. The second-order valence-electron chi connectivity index (χ2n) is 7.03. The summed E-state index contributed by atoms with van der Waals surface area (Å²) in [6.07, 6.45) is 9.64. The molecule has 0 bridgehead atoms. The number of amides is 1. The molecule has 1 aliphatic rings. The van der Waals surface area contributed by atoms with Gasteiger partial charge in [0.2, 0.25) is 5.91 Å². The Morgan fingerprint density at radius 1 is 1.40 bits per heavy atom.